The molecule has 1 aliphatic rings. The monoisotopic (exact) mass is 242 g/mol. The van der Waals surface area contributed by atoms with Crippen molar-refractivity contribution in [3.8, 4) is 0 Å². The van der Waals surface area contributed by atoms with Gasteiger partial charge < -0.3 is 15.7 Å². The number of hydrogen-bond donors (Lipinski definition) is 3. The molecule has 98 valence electrons. The third-order valence-corrected chi connectivity index (χ3v) is 2.88. The number of hydrogen-bond acceptors (Lipinski definition) is 3. The van der Waals surface area contributed by atoms with Crippen LogP contribution in [0, 0.1) is 5.41 Å². The third-order valence-electron chi connectivity index (χ3n) is 2.88. The lowest BCUT2D eigenvalue weighted by atomic mass is 9.89. The van der Waals surface area contributed by atoms with E-state index in [2.05, 4.69) is 10.6 Å². The highest BCUT2D eigenvalue weighted by atomic mass is 16.3. The van der Waals surface area contributed by atoms with Gasteiger partial charge in [0.1, 0.15) is 6.04 Å². The van der Waals surface area contributed by atoms with Crippen LogP contribution in [0.15, 0.2) is 0 Å². The van der Waals surface area contributed by atoms with E-state index in [9.17, 15) is 9.59 Å². The molecule has 0 saturated heterocycles. The molecule has 0 aromatic rings. The van der Waals surface area contributed by atoms with E-state index in [0.29, 0.717) is 12.8 Å². The van der Waals surface area contributed by atoms with Gasteiger partial charge in [-0.15, -0.1) is 0 Å². The van der Waals surface area contributed by atoms with Gasteiger partial charge in [-0.1, -0.05) is 20.8 Å². The highest BCUT2D eigenvalue weighted by Crippen LogP contribution is 2.19. The van der Waals surface area contributed by atoms with Crippen molar-refractivity contribution in [3.63, 3.8) is 0 Å². The molecule has 0 aliphatic heterocycles. The van der Waals surface area contributed by atoms with E-state index in [1.54, 1.807) is 27.7 Å². The highest BCUT2D eigenvalue weighted by Gasteiger charge is 2.31. The SMILES string of the molecule is CC(NC(=O)C(C)(C)C)C(=O)NC1CC(O)C1. The maximum absolute atomic E-state index is 11.7. The second-order valence-electron chi connectivity index (χ2n) is 5.78. The van der Waals surface area contributed by atoms with Crippen LogP contribution in [0.4, 0.5) is 0 Å². The molecule has 0 spiro atoms. The first-order chi connectivity index (χ1) is 7.70. The zero-order valence-corrected chi connectivity index (χ0v) is 10.9. The second-order valence-corrected chi connectivity index (χ2v) is 5.78. The average molecular weight is 242 g/mol. The molecule has 0 bridgehead atoms. The first kappa shape index (κ1) is 14.0. The summed E-state index contributed by atoms with van der Waals surface area (Å²) in [7, 11) is 0. The smallest absolute Gasteiger partial charge is 0.242 e. The van der Waals surface area contributed by atoms with Crippen LogP contribution in [-0.4, -0.2) is 35.1 Å². The van der Waals surface area contributed by atoms with Crippen molar-refractivity contribution in [1.82, 2.24) is 10.6 Å². The predicted octanol–water partition coefficient (Wildman–Crippen LogP) is 0.177. The lowest BCUT2D eigenvalue weighted by Gasteiger charge is -2.33. The van der Waals surface area contributed by atoms with Crippen molar-refractivity contribution < 1.29 is 14.7 Å². The van der Waals surface area contributed by atoms with Gasteiger partial charge in [0, 0.05) is 11.5 Å². The number of carbonyl (C=O) groups excluding carboxylic acids is 2. The van der Waals surface area contributed by atoms with Gasteiger partial charge in [-0.2, -0.15) is 0 Å². The maximum Gasteiger partial charge on any atom is 0.242 e. The molecule has 2 amide bonds. The summed E-state index contributed by atoms with van der Waals surface area (Å²) in [5, 5.41) is 14.6. The van der Waals surface area contributed by atoms with Gasteiger partial charge in [0.05, 0.1) is 6.10 Å². The van der Waals surface area contributed by atoms with E-state index in [-0.39, 0.29) is 24.0 Å². The van der Waals surface area contributed by atoms with E-state index in [4.69, 9.17) is 5.11 Å². The fraction of sp³-hybridized carbons (Fsp3) is 0.833. The van der Waals surface area contributed by atoms with Crippen molar-refractivity contribution in [3.05, 3.63) is 0 Å². The summed E-state index contributed by atoms with van der Waals surface area (Å²) in [4.78, 5) is 23.4. The van der Waals surface area contributed by atoms with Crippen molar-refractivity contribution >= 4 is 11.8 Å². The van der Waals surface area contributed by atoms with Crippen LogP contribution in [0.5, 0.6) is 0 Å². The Hall–Kier alpha value is -1.10. The molecular formula is C12H22N2O3. The van der Waals surface area contributed by atoms with Crippen LogP contribution in [-0.2, 0) is 9.59 Å². The summed E-state index contributed by atoms with van der Waals surface area (Å²) < 4.78 is 0. The average Bonchev–Trinajstić information content (AvgIpc) is 2.13. The van der Waals surface area contributed by atoms with E-state index in [1.165, 1.54) is 0 Å². The minimum absolute atomic E-state index is 0.0477. The van der Waals surface area contributed by atoms with E-state index in [1.807, 2.05) is 0 Å². The Kier molecular flexibility index (Phi) is 4.14. The number of aliphatic hydroxyl groups is 1. The van der Waals surface area contributed by atoms with Gasteiger partial charge in [0.2, 0.25) is 11.8 Å². The normalized spacial score (nSPS) is 25.7. The molecule has 3 N–H and O–H groups in total. The Morgan fingerprint density at radius 2 is 1.82 bits per heavy atom. The van der Waals surface area contributed by atoms with E-state index in [0.717, 1.165) is 0 Å². The van der Waals surface area contributed by atoms with Crippen molar-refractivity contribution in [2.24, 2.45) is 5.41 Å². The van der Waals surface area contributed by atoms with Crippen LogP contribution in [0.2, 0.25) is 0 Å². The maximum atomic E-state index is 11.7. The summed E-state index contributed by atoms with van der Waals surface area (Å²) in [6.07, 6.45) is 0.914. The molecule has 1 aliphatic carbocycles. The number of carbonyl (C=O) groups is 2. The van der Waals surface area contributed by atoms with Gasteiger partial charge in [0.15, 0.2) is 0 Å². The van der Waals surface area contributed by atoms with Crippen LogP contribution in [0.3, 0.4) is 0 Å². The van der Waals surface area contributed by atoms with Gasteiger partial charge in [-0.3, -0.25) is 9.59 Å². The molecule has 1 atom stereocenters. The molecule has 1 rings (SSSR count). The van der Waals surface area contributed by atoms with Crippen LogP contribution < -0.4 is 10.6 Å². The quantitative estimate of drug-likeness (QED) is 0.660. The Labute approximate surface area is 102 Å². The molecular weight excluding hydrogens is 220 g/mol. The molecule has 0 heterocycles. The van der Waals surface area contributed by atoms with Crippen LogP contribution in [0.1, 0.15) is 40.5 Å². The lowest BCUT2D eigenvalue weighted by molar-refractivity contribution is -0.133. The van der Waals surface area contributed by atoms with Crippen molar-refractivity contribution in [2.45, 2.75) is 58.7 Å². The molecule has 5 nitrogen and oxygen atoms in total. The first-order valence-corrected chi connectivity index (χ1v) is 5.99. The fourth-order valence-corrected chi connectivity index (χ4v) is 1.51. The number of rotatable bonds is 3. The Morgan fingerprint density at radius 1 is 1.29 bits per heavy atom. The standard InChI is InChI=1S/C12H22N2O3/c1-7(13-11(17)12(2,3)4)10(16)14-8-5-9(15)6-8/h7-9,15H,5-6H2,1-4H3,(H,13,17)(H,14,16). The molecule has 1 unspecified atom stereocenters. The highest BCUT2D eigenvalue weighted by molar-refractivity contribution is 5.89. The summed E-state index contributed by atoms with van der Waals surface area (Å²) in [6.45, 7) is 7.06. The molecule has 0 radical (unpaired) electrons. The van der Waals surface area contributed by atoms with Gasteiger partial charge in [-0.05, 0) is 19.8 Å². The number of nitrogens with one attached hydrogen (secondary N) is 2. The summed E-state index contributed by atoms with van der Waals surface area (Å²) in [5.74, 6) is -0.340. The summed E-state index contributed by atoms with van der Waals surface area (Å²) >= 11 is 0. The van der Waals surface area contributed by atoms with Gasteiger partial charge >= 0.3 is 0 Å². The predicted molar refractivity (Wildman–Crippen MR) is 64.2 cm³/mol. The molecule has 0 aromatic carbocycles. The van der Waals surface area contributed by atoms with E-state index >= 15 is 0 Å². The van der Waals surface area contributed by atoms with Crippen molar-refractivity contribution in [2.75, 3.05) is 0 Å². The Morgan fingerprint density at radius 3 is 2.24 bits per heavy atom. The molecule has 1 fully saturated rings. The minimum atomic E-state index is -0.542. The minimum Gasteiger partial charge on any atom is -0.393 e. The number of amides is 2. The van der Waals surface area contributed by atoms with Crippen LogP contribution >= 0.6 is 0 Å². The van der Waals surface area contributed by atoms with Crippen LogP contribution in [0.25, 0.3) is 0 Å². The Bertz CT molecular complexity index is 303. The zero-order chi connectivity index (χ0) is 13.2. The molecule has 1 saturated carbocycles. The fourth-order valence-electron chi connectivity index (χ4n) is 1.51. The summed E-state index contributed by atoms with van der Waals surface area (Å²) in [5.41, 5.74) is -0.499. The topological polar surface area (TPSA) is 78.4 Å². The van der Waals surface area contributed by atoms with Crippen molar-refractivity contribution in [1.29, 1.82) is 0 Å². The van der Waals surface area contributed by atoms with Gasteiger partial charge in [-0.25, -0.2) is 0 Å². The zero-order valence-electron chi connectivity index (χ0n) is 10.9. The number of aliphatic hydroxyl groups excluding tert-OH is 1. The second kappa shape index (κ2) is 5.04. The first-order valence-electron chi connectivity index (χ1n) is 5.99. The Balaban J connectivity index is 2.34. The lowest BCUT2D eigenvalue weighted by Crippen LogP contribution is -2.54. The van der Waals surface area contributed by atoms with Gasteiger partial charge in [0.25, 0.3) is 0 Å². The van der Waals surface area contributed by atoms with E-state index < -0.39 is 11.5 Å². The summed E-state index contributed by atoms with van der Waals surface area (Å²) in [6, 6.07) is -0.494. The molecule has 17 heavy (non-hydrogen) atoms. The molecule has 0 aromatic heterocycles. The molecule has 5 heteroatoms. The third kappa shape index (κ3) is 4.00. The largest absolute Gasteiger partial charge is 0.393 e.